The number of carbonyl (C=O) groups excluding carboxylic acids is 3. The molecule has 0 radical (unpaired) electrons. The second-order valence-electron chi connectivity index (χ2n) is 5.04. The smallest absolute Gasteiger partial charge is 0.410 e. The number of hydrogen-bond donors (Lipinski definition) is 2. The fourth-order valence-corrected chi connectivity index (χ4v) is 2.15. The van der Waals surface area contributed by atoms with Crippen molar-refractivity contribution < 1.29 is 19.1 Å². The molecule has 0 aliphatic carbocycles. The number of nitrogens with one attached hydrogen (secondary N) is 1. The van der Waals surface area contributed by atoms with Gasteiger partial charge in [-0.3, -0.25) is 14.5 Å². The van der Waals surface area contributed by atoms with E-state index in [1.165, 1.54) is 4.90 Å². The summed E-state index contributed by atoms with van der Waals surface area (Å²) in [7, 11) is 0. The number of amides is 3. The third-order valence-electron chi connectivity index (χ3n) is 3.38. The van der Waals surface area contributed by atoms with Crippen molar-refractivity contribution >= 4 is 17.9 Å². The van der Waals surface area contributed by atoms with E-state index in [2.05, 4.69) is 5.32 Å². The summed E-state index contributed by atoms with van der Waals surface area (Å²) in [5.41, 5.74) is 6.29. The van der Waals surface area contributed by atoms with E-state index in [9.17, 15) is 14.4 Å². The van der Waals surface area contributed by atoms with Gasteiger partial charge in [0.1, 0.15) is 12.6 Å². The number of cyclic esters (lactones) is 1. The molecular weight excluding hydrogens is 300 g/mol. The molecule has 23 heavy (non-hydrogen) atoms. The molecule has 1 saturated heterocycles. The molecular formula is C15H16N4O4. The molecule has 1 heterocycles. The molecule has 1 aromatic rings. The lowest BCUT2D eigenvalue weighted by Crippen LogP contribution is -2.46. The first-order chi connectivity index (χ1) is 11.0. The van der Waals surface area contributed by atoms with Crippen LogP contribution >= 0.6 is 0 Å². The minimum Gasteiger partial charge on any atom is -0.447 e. The topological polar surface area (TPSA) is 126 Å². The van der Waals surface area contributed by atoms with Gasteiger partial charge in [-0.2, -0.15) is 5.26 Å². The molecule has 0 unspecified atom stereocenters. The first-order valence-electron chi connectivity index (χ1n) is 6.99. The lowest BCUT2D eigenvalue weighted by molar-refractivity contribution is -0.125. The van der Waals surface area contributed by atoms with E-state index >= 15 is 0 Å². The van der Waals surface area contributed by atoms with Crippen molar-refractivity contribution in [2.75, 3.05) is 13.2 Å². The van der Waals surface area contributed by atoms with Crippen LogP contribution in [0.4, 0.5) is 4.79 Å². The first kappa shape index (κ1) is 16.3. The van der Waals surface area contributed by atoms with Crippen molar-refractivity contribution in [3.05, 3.63) is 35.4 Å². The van der Waals surface area contributed by atoms with Gasteiger partial charge in [0.2, 0.25) is 11.8 Å². The SMILES string of the molecule is N#Cc1ccc(CN2C(=O)OC[C@H]2C(=O)NCCC(N)=O)cc1. The standard InChI is InChI=1S/C15H16N4O4/c16-7-10-1-3-11(4-2-10)8-19-12(9-23-15(19)22)14(21)18-6-5-13(17)20/h1-4,12H,5-6,8-9H2,(H2,17,20)(H,18,21)/t12-/m0/s1. The molecule has 0 spiro atoms. The summed E-state index contributed by atoms with van der Waals surface area (Å²) in [4.78, 5) is 35.9. The maximum Gasteiger partial charge on any atom is 0.410 e. The van der Waals surface area contributed by atoms with Crippen molar-refractivity contribution in [1.82, 2.24) is 10.2 Å². The van der Waals surface area contributed by atoms with Crippen LogP contribution in [0.2, 0.25) is 0 Å². The molecule has 1 aliphatic rings. The molecule has 0 saturated carbocycles. The van der Waals surface area contributed by atoms with Crippen LogP contribution < -0.4 is 11.1 Å². The fourth-order valence-electron chi connectivity index (χ4n) is 2.15. The highest BCUT2D eigenvalue weighted by molar-refractivity contribution is 5.88. The van der Waals surface area contributed by atoms with E-state index in [-0.39, 0.29) is 26.1 Å². The Balaban J connectivity index is 1.99. The number of carbonyl (C=O) groups is 3. The van der Waals surface area contributed by atoms with Gasteiger partial charge in [0.05, 0.1) is 18.2 Å². The number of hydrogen-bond acceptors (Lipinski definition) is 5. The van der Waals surface area contributed by atoms with Gasteiger partial charge in [0.15, 0.2) is 0 Å². The second-order valence-corrected chi connectivity index (χ2v) is 5.04. The molecule has 3 amide bonds. The molecule has 2 rings (SSSR count). The zero-order valence-electron chi connectivity index (χ0n) is 12.3. The van der Waals surface area contributed by atoms with Gasteiger partial charge in [-0.25, -0.2) is 4.79 Å². The summed E-state index contributed by atoms with van der Waals surface area (Å²) < 4.78 is 4.93. The predicted molar refractivity (Wildman–Crippen MR) is 78.7 cm³/mol. The maximum absolute atomic E-state index is 12.1. The summed E-state index contributed by atoms with van der Waals surface area (Å²) in [5, 5.41) is 11.3. The highest BCUT2D eigenvalue weighted by atomic mass is 16.6. The van der Waals surface area contributed by atoms with Gasteiger partial charge < -0.3 is 15.8 Å². The highest BCUT2D eigenvalue weighted by Crippen LogP contribution is 2.17. The Hall–Kier alpha value is -3.08. The Morgan fingerprint density at radius 2 is 2.09 bits per heavy atom. The summed E-state index contributed by atoms with van der Waals surface area (Å²) in [6, 6.07) is 7.95. The second kappa shape index (κ2) is 7.26. The minimum absolute atomic E-state index is 0.0306. The van der Waals surface area contributed by atoms with Crippen LogP contribution in [0.1, 0.15) is 17.5 Å². The third-order valence-corrected chi connectivity index (χ3v) is 3.38. The van der Waals surface area contributed by atoms with Crippen LogP contribution in [-0.4, -0.2) is 42.0 Å². The minimum atomic E-state index is -0.758. The van der Waals surface area contributed by atoms with Crippen LogP contribution in [0.3, 0.4) is 0 Å². The number of benzene rings is 1. The Morgan fingerprint density at radius 1 is 1.39 bits per heavy atom. The lowest BCUT2D eigenvalue weighted by Gasteiger charge is -2.20. The summed E-state index contributed by atoms with van der Waals surface area (Å²) in [6.45, 7) is 0.263. The van der Waals surface area contributed by atoms with Gasteiger partial charge >= 0.3 is 6.09 Å². The average Bonchev–Trinajstić information content (AvgIpc) is 2.89. The van der Waals surface area contributed by atoms with Crippen molar-refractivity contribution in [3.8, 4) is 6.07 Å². The Bertz CT molecular complexity index is 650. The molecule has 1 aromatic carbocycles. The van der Waals surface area contributed by atoms with Crippen LogP contribution in [0.25, 0.3) is 0 Å². The van der Waals surface area contributed by atoms with Crippen LogP contribution in [0, 0.1) is 11.3 Å². The lowest BCUT2D eigenvalue weighted by atomic mass is 10.1. The van der Waals surface area contributed by atoms with E-state index in [0.717, 1.165) is 5.56 Å². The largest absolute Gasteiger partial charge is 0.447 e. The normalized spacial score (nSPS) is 16.6. The molecule has 120 valence electrons. The number of primary amides is 1. The van der Waals surface area contributed by atoms with Crippen molar-refractivity contribution in [1.29, 1.82) is 5.26 Å². The molecule has 1 fully saturated rings. The third kappa shape index (κ3) is 4.20. The van der Waals surface area contributed by atoms with Gasteiger partial charge in [-0.05, 0) is 17.7 Å². The monoisotopic (exact) mass is 316 g/mol. The van der Waals surface area contributed by atoms with Gasteiger partial charge in [-0.15, -0.1) is 0 Å². The number of rotatable bonds is 6. The summed E-state index contributed by atoms with van der Waals surface area (Å²) in [6.07, 6.45) is -0.549. The molecule has 0 bridgehead atoms. The quantitative estimate of drug-likeness (QED) is 0.756. The Morgan fingerprint density at radius 3 is 2.70 bits per heavy atom. The number of ether oxygens (including phenoxy) is 1. The molecule has 1 aliphatic heterocycles. The molecule has 8 nitrogen and oxygen atoms in total. The number of nitrogens with two attached hydrogens (primary N) is 1. The number of nitrogens with zero attached hydrogens (tertiary/aromatic N) is 2. The maximum atomic E-state index is 12.1. The summed E-state index contributed by atoms with van der Waals surface area (Å²) in [5.74, 6) is -0.913. The van der Waals surface area contributed by atoms with E-state index < -0.39 is 23.9 Å². The highest BCUT2D eigenvalue weighted by Gasteiger charge is 2.37. The zero-order chi connectivity index (χ0) is 16.8. The average molecular weight is 316 g/mol. The van der Waals surface area contributed by atoms with Crippen molar-refractivity contribution in [3.63, 3.8) is 0 Å². The van der Waals surface area contributed by atoms with Crippen LogP contribution in [0.5, 0.6) is 0 Å². The van der Waals surface area contributed by atoms with Crippen LogP contribution in [0.15, 0.2) is 24.3 Å². The van der Waals surface area contributed by atoms with Crippen LogP contribution in [-0.2, 0) is 20.9 Å². The zero-order valence-corrected chi connectivity index (χ0v) is 12.3. The summed E-state index contributed by atoms with van der Waals surface area (Å²) >= 11 is 0. The molecule has 1 atom stereocenters. The Labute approximate surface area is 132 Å². The van der Waals surface area contributed by atoms with E-state index in [0.29, 0.717) is 5.56 Å². The van der Waals surface area contributed by atoms with Gasteiger partial charge in [0, 0.05) is 13.0 Å². The van der Waals surface area contributed by atoms with Crippen molar-refractivity contribution in [2.24, 2.45) is 5.73 Å². The Kier molecular flexibility index (Phi) is 5.15. The fraction of sp³-hybridized carbons (Fsp3) is 0.333. The first-order valence-corrected chi connectivity index (χ1v) is 6.99. The predicted octanol–water partition coefficient (Wildman–Crippen LogP) is -0.129. The molecule has 8 heteroatoms. The van der Waals surface area contributed by atoms with E-state index in [1.54, 1.807) is 24.3 Å². The van der Waals surface area contributed by atoms with E-state index in [1.807, 2.05) is 6.07 Å². The van der Waals surface area contributed by atoms with Gasteiger partial charge in [-0.1, -0.05) is 12.1 Å². The van der Waals surface area contributed by atoms with E-state index in [4.69, 9.17) is 15.7 Å². The van der Waals surface area contributed by atoms with Crippen molar-refractivity contribution in [2.45, 2.75) is 19.0 Å². The molecule has 3 N–H and O–H groups in total. The molecule has 0 aromatic heterocycles. The van der Waals surface area contributed by atoms with Gasteiger partial charge in [0.25, 0.3) is 0 Å². The number of nitriles is 1.